The zero-order valence-electron chi connectivity index (χ0n) is 10.1. The van der Waals surface area contributed by atoms with Crippen molar-refractivity contribution in [1.82, 2.24) is 9.88 Å². The van der Waals surface area contributed by atoms with Gasteiger partial charge in [-0.25, -0.2) is 9.78 Å². The number of fused-ring (bicyclic) bond motifs is 1. The van der Waals surface area contributed by atoms with Crippen molar-refractivity contribution in [3.05, 3.63) is 23.9 Å². The maximum Gasteiger partial charge on any atom is 0.326 e. The monoisotopic (exact) mass is 231 g/mol. The Hall–Kier alpha value is -1.58. The number of urea groups is 1. The maximum atomic E-state index is 12.2. The van der Waals surface area contributed by atoms with E-state index in [1.54, 1.807) is 0 Å². The first kappa shape index (κ1) is 10.6. The molecule has 4 heteroatoms. The van der Waals surface area contributed by atoms with Gasteiger partial charge in [0.1, 0.15) is 5.82 Å². The molecule has 4 nitrogen and oxygen atoms in total. The van der Waals surface area contributed by atoms with E-state index in [-0.39, 0.29) is 6.03 Å². The highest BCUT2D eigenvalue weighted by molar-refractivity contribution is 5.93. The molecule has 0 N–H and O–H groups in total. The SMILES string of the molecule is Cc1ccc(N2CC3CCCCN3C2=O)nc1. The Morgan fingerprint density at radius 1 is 1.35 bits per heavy atom. The number of carbonyl (C=O) groups is 1. The number of nitrogens with zero attached hydrogens (tertiary/aromatic N) is 3. The smallest absolute Gasteiger partial charge is 0.320 e. The molecule has 3 rings (SSSR count). The van der Waals surface area contributed by atoms with Crippen LogP contribution in [0.25, 0.3) is 0 Å². The number of hydrogen-bond acceptors (Lipinski definition) is 2. The van der Waals surface area contributed by atoms with Crippen LogP contribution in [0.2, 0.25) is 0 Å². The predicted octanol–water partition coefficient (Wildman–Crippen LogP) is 2.18. The molecule has 2 fully saturated rings. The van der Waals surface area contributed by atoms with E-state index in [2.05, 4.69) is 4.98 Å². The number of aryl methyl sites for hydroxylation is 1. The van der Waals surface area contributed by atoms with Gasteiger partial charge in [0.25, 0.3) is 0 Å². The first-order chi connectivity index (χ1) is 8.25. The van der Waals surface area contributed by atoms with Gasteiger partial charge in [-0.3, -0.25) is 4.90 Å². The summed E-state index contributed by atoms with van der Waals surface area (Å²) >= 11 is 0. The highest BCUT2D eigenvalue weighted by Crippen LogP contribution is 2.28. The third-order valence-corrected chi connectivity index (χ3v) is 3.67. The van der Waals surface area contributed by atoms with Crippen LogP contribution in [0.1, 0.15) is 24.8 Å². The molecule has 0 radical (unpaired) electrons. The van der Waals surface area contributed by atoms with Gasteiger partial charge in [-0.1, -0.05) is 6.07 Å². The van der Waals surface area contributed by atoms with Crippen molar-refractivity contribution in [3.63, 3.8) is 0 Å². The molecule has 0 spiro atoms. The lowest BCUT2D eigenvalue weighted by molar-refractivity contribution is 0.187. The van der Waals surface area contributed by atoms with Crippen LogP contribution in [0, 0.1) is 6.92 Å². The van der Waals surface area contributed by atoms with Gasteiger partial charge in [-0.05, 0) is 37.8 Å². The van der Waals surface area contributed by atoms with Crippen LogP contribution in [0.4, 0.5) is 10.6 Å². The van der Waals surface area contributed by atoms with Crippen LogP contribution in [-0.4, -0.2) is 35.0 Å². The number of anilines is 1. The zero-order chi connectivity index (χ0) is 11.8. The minimum absolute atomic E-state index is 0.131. The molecule has 2 aliphatic rings. The molecule has 1 unspecified atom stereocenters. The fraction of sp³-hybridized carbons (Fsp3) is 0.538. The van der Waals surface area contributed by atoms with E-state index in [0.29, 0.717) is 6.04 Å². The van der Waals surface area contributed by atoms with E-state index in [1.165, 1.54) is 6.42 Å². The maximum absolute atomic E-state index is 12.2. The number of aromatic nitrogens is 1. The van der Waals surface area contributed by atoms with Gasteiger partial charge in [-0.2, -0.15) is 0 Å². The number of rotatable bonds is 1. The Kier molecular flexibility index (Phi) is 2.50. The van der Waals surface area contributed by atoms with Gasteiger partial charge in [0.15, 0.2) is 0 Å². The van der Waals surface area contributed by atoms with E-state index < -0.39 is 0 Å². The number of amides is 2. The van der Waals surface area contributed by atoms with Crippen LogP contribution >= 0.6 is 0 Å². The molecule has 2 aliphatic heterocycles. The first-order valence-corrected chi connectivity index (χ1v) is 6.26. The molecule has 2 saturated heterocycles. The number of piperidine rings is 1. The van der Waals surface area contributed by atoms with Crippen LogP contribution in [0.3, 0.4) is 0 Å². The summed E-state index contributed by atoms with van der Waals surface area (Å²) in [5, 5.41) is 0. The fourth-order valence-corrected chi connectivity index (χ4v) is 2.70. The molecule has 17 heavy (non-hydrogen) atoms. The molecular formula is C13H17N3O. The Labute approximate surface area is 101 Å². The summed E-state index contributed by atoms with van der Waals surface area (Å²) in [6.45, 7) is 3.71. The third kappa shape index (κ3) is 1.77. The van der Waals surface area contributed by atoms with E-state index >= 15 is 0 Å². The lowest BCUT2D eigenvalue weighted by atomic mass is 10.0. The number of pyridine rings is 1. The summed E-state index contributed by atoms with van der Waals surface area (Å²) in [6, 6.07) is 4.48. The number of hydrogen-bond donors (Lipinski definition) is 0. The molecular weight excluding hydrogens is 214 g/mol. The van der Waals surface area contributed by atoms with Crippen LogP contribution in [0.5, 0.6) is 0 Å². The molecule has 0 saturated carbocycles. The summed E-state index contributed by atoms with van der Waals surface area (Å²) in [5.74, 6) is 0.787. The lowest BCUT2D eigenvalue weighted by Crippen LogP contribution is -2.38. The summed E-state index contributed by atoms with van der Waals surface area (Å²) < 4.78 is 0. The van der Waals surface area contributed by atoms with Gasteiger partial charge in [0, 0.05) is 19.3 Å². The Morgan fingerprint density at radius 3 is 2.94 bits per heavy atom. The van der Waals surface area contributed by atoms with Crippen molar-refractivity contribution >= 4 is 11.8 Å². The highest BCUT2D eigenvalue weighted by atomic mass is 16.2. The van der Waals surface area contributed by atoms with Crippen molar-refractivity contribution in [3.8, 4) is 0 Å². The largest absolute Gasteiger partial charge is 0.326 e. The van der Waals surface area contributed by atoms with Crippen LogP contribution < -0.4 is 4.90 Å². The van der Waals surface area contributed by atoms with Crippen molar-refractivity contribution in [1.29, 1.82) is 0 Å². The summed E-state index contributed by atoms with van der Waals surface area (Å²) in [4.78, 5) is 20.4. The first-order valence-electron chi connectivity index (χ1n) is 6.26. The lowest BCUT2D eigenvalue weighted by Gasteiger charge is -2.27. The molecule has 0 aromatic carbocycles. The van der Waals surface area contributed by atoms with Gasteiger partial charge in [0.05, 0.1) is 6.04 Å². The van der Waals surface area contributed by atoms with Crippen molar-refractivity contribution in [2.45, 2.75) is 32.2 Å². The van der Waals surface area contributed by atoms with E-state index in [1.807, 2.05) is 35.1 Å². The van der Waals surface area contributed by atoms with Gasteiger partial charge < -0.3 is 4.90 Å². The standard InChI is InChI=1S/C13H17N3O/c1-10-5-6-12(14-8-10)16-9-11-4-2-3-7-15(11)13(16)17/h5-6,8,11H,2-4,7,9H2,1H3. The predicted molar refractivity (Wildman–Crippen MR) is 66.1 cm³/mol. The molecule has 1 aromatic rings. The van der Waals surface area contributed by atoms with E-state index in [9.17, 15) is 4.79 Å². The Balaban J connectivity index is 1.85. The number of carbonyl (C=O) groups excluding carboxylic acids is 1. The average Bonchev–Trinajstić information content (AvgIpc) is 2.69. The van der Waals surface area contributed by atoms with Gasteiger partial charge in [-0.15, -0.1) is 0 Å². The van der Waals surface area contributed by atoms with Gasteiger partial charge in [0.2, 0.25) is 0 Å². The second-order valence-electron chi connectivity index (χ2n) is 4.93. The minimum Gasteiger partial charge on any atom is -0.320 e. The third-order valence-electron chi connectivity index (χ3n) is 3.67. The summed E-state index contributed by atoms with van der Waals surface area (Å²) in [6.07, 6.45) is 5.33. The summed E-state index contributed by atoms with van der Waals surface area (Å²) in [7, 11) is 0. The molecule has 1 aromatic heterocycles. The molecule has 3 heterocycles. The molecule has 1 atom stereocenters. The van der Waals surface area contributed by atoms with Crippen molar-refractivity contribution < 1.29 is 4.79 Å². The van der Waals surface area contributed by atoms with Crippen LogP contribution in [0.15, 0.2) is 18.3 Å². The van der Waals surface area contributed by atoms with Gasteiger partial charge >= 0.3 is 6.03 Å². The molecule has 0 aliphatic carbocycles. The van der Waals surface area contributed by atoms with E-state index in [4.69, 9.17) is 0 Å². The highest BCUT2D eigenvalue weighted by Gasteiger charge is 2.39. The average molecular weight is 231 g/mol. The summed E-state index contributed by atoms with van der Waals surface area (Å²) in [5.41, 5.74) is 1.12. The van der Waals surface area contributed by atoms with Crippen LogP contribution in [-0.2, 0) is 0 Å². The Morgan fingerprint density at radius 2 is 2.24 bits per heavy atom. The Bertz CT molecular complexity index is 429. The zero-order valence-corrected chi connectivity index (χ0v) is 10.1. The van der Waals surface area contributed by atoms with Crippen molar-refractivity contribution in [2.24, 2.45) is 0 Å². The van der Waals surface area contributed by atoms with E-state index in [0.717, 1.165) is 37.3 Å². The minimum atomic E-state index is 0.131. The fourth-order valence-electron chi connectivity index (χ4n) is 2.70. The topological polar surface area (TPSA) is 36.4 Å². The quantitative estimate of drug-likeness (QED) is 0.742. The normalized spacial score (nSPS) is 24.1. The second-order valence-corrected chi connectivity index (χ2v) is 4.93. The molecule has 2 amide bonds. The van der Waals surface area contributed by atoms with Crippen molar-refractivity contribution in [2.75, 3.05) is 18.0 Å². The molecule has 90 valence electrons. The molecule has 0 bridgehead atoms. The second kappa shape index (κ2) is 4.02.